The summed E-state index contributed by atoms with van der Waals surface area (Å²) in [7, 11) is 0. The summed E-state index contributed by atoms with van der Waals surface area (Å²) in [6, 6.07) is 3.70. The molecule has 0 saturated carbocycles. The minimum absolute atomic E-state index is 0.792. The van der Waals surface area contributed by atoms with E-state index in [4.69, 9.17) is 4.42 Å². The Bertz CT molecular complexity index is 425. The van der Waals surface area contributed by atoms with Crippen molar-refractivity contribution < 1.29 is 4.42 Å². The lowest BCUT2D eigenvalue weighted by molar-refractivity contribution is 0.557. The van der Waals surface area contributed by atoms with Crippen LogP contribution in [0.25, 0.3) is 6.08 Å². The third kappa shape index (κ3) is 4.04. The molecule has 1 heterocycles. The maximum atomic E-state index is 5.08. The van der Waals surface area contributed by atoms with Gasteiger partial charge in [-0.1, -0.05) is 17.9 Å². The molecule has 0 atom stereocenters. The fraction of sp³-hybridized carbons (Fsp3) is 0.0769. The van der Waals surface area contributed by atoms with Crippen LogP contribution in [0.4, 0.5) is 0 Å². The highest BCUT2D eigenvalue weighted by Gasteiger charge is 1.83. The first kappa shape index (κ1) is 9.96. The Morgan fingerprint density at radius 3 is 2.64 bits per heavy atom. The summed E-state index contributed by atoms with van der Waals surface area (Å²) in [5.41, 5.74) is 0. The van der Waals surface area contributed by atoms with E-state index in [9.17, 15) is 0 Å². The molecule has 0 aliphatic carbocycles. The molecule has 0 amide bonds. The Labute approximate surface area is 84.1 Å². The molecule has 0 bridgehead atoms. The number of hydrogen-bond acceptors (Lipinski definition) is 1. The first-order valence-electron chi connectivity index (χ1n) is 4.26. The van der Waals surface area contributed by atoms with Crippen molar-refractivity contribution in [2.24, 2.45) is 0 Å². The van der Waals surface area contributed by atoms with Gasteiger partial charge in [0, 0.05) is 0 Å². The van der Waals surface area contributed by atoms with E-state index in [2.05, 4.69) is 23.7 Å². The molecule has 1 rings (SSSR count). The molecule has 1 nitrogen and oxygen atoms in total. The van der Waals surface area contributed by atoms with E-state index in [0.717, 1.165) is 5.76 Å². The van der Waals surface area contributed by atoms with Crippen LogP contribution in [0.1, 0.15) is 12.7 Å². The Balaban J connectivity index is 2.45. The van der Waals surface area contributed by atoms with E-state index in [0.29, 0.717) is 0 Å². The van der Waals surface area contributed by atoms with E-state index in [1.165, 1.54) is 0 Å². The van der Waals surface area contributed by atoms with E-state index in [1.807, 2.05) is 25.1 Å². The van der Waals surface area contributed by atoms with E-state index in [1.54, 1.807) is 24.5 Å². The zero-order valence-electron chi connectivity index (χ0n) is 7.95. The normalized spacial score (nSPS) is 9.50. The smallest absolute Gasteiger partial charge is 0.127 e. The molecule has 0 unspecified atom stereocenters. The zero-order chi connectivity index (χ0) is 10.1. The summed E-state index contributed by atoms with van der Waals surface area (Å²) in [5.74, 6) is 11.7. The van der Waals surface area contributed by atoms with Gasteiger partial charge in [-0.15, -0.1) is 0 Å². The average molecular weight is 182 g/mol. The lowest BCUT2D eigenvalue weighted by Gasteiger charge is -1.76. The van der Waals surface area contributed by atoms with Crippen LogP contribution in [0.2, 0.25) is 0 Å². The molecular formula is C13H10O. The van der Waals surface area contributed by atoms with Gasteiger partial charge in [0.1, 0.15) is 5.76 Å². The van der Waals surface area contributed by atoms with Crippen LogP contribution in [-0.4, -0.2) is 0 Å². The minimum atomic E-state index is 0.792. The molecule has 0 radical (unpaired) electrons. The molecule has 0 spiro atoms. The van der Waals surface area contributed by atoms with Crippen LogP contribution in [0.5, 0.6) is 0 Å². The maximum Gasteiger partial charge on any atom is 0.127 e. The maximum absolute atomic E-state index is 5.08. The monoisotopic (exact) mass is 182 g/mol. The van der Waals surface area contributed by atoms with Gasteiger partial charge in [-0.25, -0.2) is 0 Å². The lowest BCUT2D eigenvalue weighted by Crippen LogP contribution is -1.58. The third-order valence-corrected chi connectivity index (χ3v) is 1.33. The largest absolute Gasteiger partial charge is 0.465 e. The fourth-order valence-corrected chi connectivity index (χ4v) is 0.749. The van der Waals surface area contributed by atoms with Crippen molar-refractivity contribution in [1.29, 1.82) is 0 Å². The van der Waals surface area contributed by atoms with Gasteiger partial charge < -0.3 is 4.42 Å². The molecule has 0 aromatic carbocycles. The van der Waals surface area contributed by atoms with Crippen molar-refractivity contribution in [3.8, 4) is 23.7 Å². The quantitative estimate of drug-likeness (QED) is 0.609. The minimum Gasteiger partial charge on any atom is -0.465 e. The van der Waals surface area contributed by atoms with E-state index >= 15 is 0 Å². The Morgan fingerprint density at radius 2 is 2.00 bits per heavy atom. The van der Waals surface area contributed by atoms with Gasteiger partial charge in [0.05, 0.1) is 6.26 Å². The van der Waals surface area contributed by atoms with Crippen molar-refractivity contribution in [2.45, 2.75) is 6.92 Å². The van der Waals surface area contributed by atoms with Crippen LogP contribution >= 0.6 is 0 Å². The Morgan fingerprint density at radius 1 is 1.21 bits per heavy atom. The predicted octanol–water partition coefficient (Wildman–Crippen LogP) is 2.88. The van der Waals surface area contributed by atoms with Gasteiger partial charge in [-0.05, 0) is 49.1 Å². The number of hydrogen-bond donors (Lipinski definition) is 0. The van der Waals surface area contributed by atoms with Crippen LogP contribution in [0, 0.1) is 23.7 Å². The molecule has 14 heavy (non-hydrogen) atoms. The van der Waals surface area contributed by atoms with Gasteiger partial charge in [0.2, 0.25) is 0 Å². The summed E-state index contributed by atoms with van der Waals surface area (Å²) in [6.07, 6.45) is 8.75. The second kappa shape index (κ2) is 6.40. The van der Waals surface area contributed by atoms with Crippen molar-refractivity contribution >= 4 is 6.08 Å². The highest BCUT2D eigenvalue weighted by Crippen LogP contribution is 2.00. The van der Waals surface area contributed by atoms with E-state index < -0.39 is 0 Å². The number of furan rings is 1. The average Bonchev–Trinajstić information content (AvgIpc) is 2.69. The third-order valence-electron chi connectivity index (χ3n) is 1.33. The van der Waals surface area contributed by atoms with Crippen LogP contribution in [-0.2, 0) is 0 Å². The molecule has 0 N–H and O–H groups in total. The molecule has 0 aliphatic heterocycles. The van der Waals surface area contributed by atoms with Crippen LogP contribution < -0.4 is 0 Å². The summed E-state index contributed by atoms with van der Waals surface area (Å²) in [5, 5.41) is 0. The molecule has 0 fully saturated rings. The SMILES string of the molecule is C/C=C/C#CC#C/C=C/c1ccco1. The second-order valence-electron chi connectivity index (χ2n) is 2.39. The van der Waals surface area contributed by atoms with Gasteiger partial charge in [-0.2, -0.15) is 0 Å². The highest BCUT2D eigenvalue weighted by atomic mass is 16.3. The zero-order valence-corrected chi connectivity index (χ0v) is 7.95. The lowest BCUT2D eigenvalue weighted by atomic mass is 10.4. The summed E-state index contributed by atoms with van der Waals surface area (Å²) >= 11 is 0. The second-order valence-corrected chi connectivity index (χ2v) is 2.39. The molecule has 1 aromatic rings. The van der Waals surface area contributed by atoms with Gasteiger partial charge in [0.25, 0.3) is 0 Å². The fourth-order valence-electron chi connectivity index (χ4n) is 0.749. The summed E-state index contributed by atoms with van der Waals surface area (Å²) in [4.78, 5) is 0. The van der Waals surface area contributed by atoms with Crippen molar-refractivity contribution in [2.75, 3.05) is 0 Å². The molecule has 1 aromatic heterocycles. The first-order valence-corrected chi connectivity index (χ1v) is 4.26. The summed E-state index contributed by atoms with van der Waals surface area (Å²) < 4.78 is 5.08. The summed E-state index contributed by atoms with van der Waals surface area (Å²) in [6.45, 7) is 1.92. The number of allylic oxidation sites excluding steroid dienone is 3. The number of rotatable bonds is 1. The molecule has 68 valence electrons. The first-order chi connectivity index (χ1) is 6.93. The van der Waals surface area contributed by atoms with Crippen LogP contribution in [0.15, 0.2) is 41.0 Å². The van der Waals surface area contributed by atoms with Crippen LogP contribution in [0.3, 0.4) is 0 Å². The Hall–Kier alpha value is -2.12. The predicted molar refractivity (Wildman–Crippen MR) is 58.1 cm³/mol. The van der Waals surface area contributed by atoms with Gasteiger partial charge in [-0.3, -0.25) is 0 Å². The van der Waals surface area contributed by atoms with Crippen molar-refractivity contribution in [3.05, 3.63) is 42.4 Å². The topological polar surface area (TPSA) is 13.1 Å². The molecule has 1 heteroatoms. The molecule has 0 saturated heterocycles. The Kier molecular flexibility index (Phi) is 4.56. The molecule has 0 aliphatic rings. The van der Waals surface area contributed by atoms with Gasteiger partial charge >= 0.3 is 0 Å². The van der Waals surface area contributed by atoms with E-state index in [-0.39, 0.29) is 0 Å². The van der Waals surface area contributed by atoms with Crippen molar-refractivity contribution in [1.82, 2.24) is 0 Å². The molecular weight excluding hydrogens is 172 g/mol. The van der Waals surface area contributed by atoms with Crippen molar-refractivity contribution in [3.63, 3.8) is 0 Å². The van der Waals surface area contributed by atoms with Gasteiger partial charge in [0.15, 0.2) is 0 Å². The standard InChI is InChI=1S/C13H10O/c1-2-3-4-5-6-7-8-10-13-11-9-12-14-13/h2-3,8-12H,1H3/b3-2+,10-8+. The highest BCUT2D eigenvalue weighted by molar-refractivity contribution is 5.48.